The summed E-state index contributed by atoms with van der Waals surface area (Å²) in [5, 5.41) is 17.1. The number of nitrogens with one attached hydrogen (secondary N) is 3. The second-order valence-electron chi connectivity index (χ2n) is 15.2. The van der Waals surface area contributed by atoms with Crippen LogP contribution in [0.25, 0.3) is 11.4 Å². The van der Waals surface area contributed by atoms with Crippen LogP contribution in [-0.4, -0.2) is 110 Å². The van der Waals surface area contributed by atoms with Crippen molar-refractivity contribution in [3.8, 4) is 17.1 Å². The van der Waals surface area contributed by atoms with Crippen LogP contribution in [-0.2, 0) is 24.4 Å². The van der Waals surface area contributed by atoms with Gasteiger partial charge in [0.2, 0.25) is 34.1 Å². The van der Waals surface area contributed by atoms with E-state index < -0.39 is 86.7 Å². The lowest BCUT2D eigenvalue weighted by atomic mass is 9.87. The molecule has 2 aliphatic carbocycles. The maximum absolute atomic E-state index is 14.5. The summed E-state index contributed by atoms with van der Waals surface area (Å²) < 4.78 is 60.5. The average Bonchev–Trinajstić information content (AvgIpc) is 4.00. The molecule has 0 spiro atoms. The quantitative estimate of drug-likeness (QED) is 0.226. The number of amides is 4. The molecule has 1 aliphatic heterocycles. The zero-order chi connectivity index (χ0) is 39.2. The van der Waals surface area contributed by atoms with E-state index in [0.29, 0.717) is 29.8 Å². The van der Waals surface area contributed by atoms with Crippen LogP contribution < -0.4 is 20.1 Å². The first-order valence-electron chi connectivity index (χ1n) is 17.4. The summed E-state index contributed by atoms with van der Waals surface area (Å²) in [7, 11) is -2.61. The molecule has 0 bridgehead atoms. The Morgan fingerprint density at radius 1 is 1.07 bits per heavy atom. The van der Waals surface area contributed by atoms with E-state index in [1.54, 1.807) is 31.2 Å². The Kier molecular flexibility index (Phi) is 10.4. The fraction of sp³-hybridized carbons (Fsp3) is 0.559. The Labute approximate surface area is 310 Å². The number of alkyl halides is 2. The second-order valence-corrected chi connectivity index (χ2v) is 17.1. The van der Waals surface area contributed by atoms with Gasteiger partial charge in [-0.05, 0) is 67.5 Å². The molecule has 5 atom stereocenters. The van der Waals surface area contributed by atoms with Crippen molar-refractivity contribution in [1.82, 2.24) is 50.4 Å². The van der Waals surface area contributed by atoms with Crippen molar-refractivity contribution in [2.24, 2.45) is 11.3 Å². The highest BCUT2D eigenvalue weighted by Gasteiger charge is 2.66. The maximum atomic E-state index is 14.5. The Bertz CT molecular complexity index is 2020. The monoisotopic (exact) mass is 772 g/mol. The number of rotatable bonds is 13. The topological polar surface area (TPSA) is 220 Å². The van der Waals surface area contributed by atoms with Gasteiger partial charge in [-0.15, -0.1) is 10.2 Å². The van der Waals surface area contributed by atoms with Gasteiger partial charge in [0.1, 0.15) is 29.1 Å². The minimum Gasteiger partial charge on any atom is -0.497 e. The third-order valence-corrected chi connectivity index (χ3v) is 11.5. The van der Waals surface area contributed by atoms with Crippen LogP contribution in [0.2, 0.25) is 0 Å². The van der Waals surface area contributed by atoms with E-state index in [1.165, 1.54) is 29.2 Å². The van der Waals surface area contributed by atoms with Gasteiger partial charge in [-0.2, -0.15) is 4.80 Å². The normalized spacial score (nSPS) is 23.1. The molecule has 2 saturated carbocycles. The molecule has 1 aromatic carbocycles. The standard InChI is InChI=1S/C34H42F2N10O7S/c1-18-15-38-25(16-37-18)29(47)39-24(14-33(2,3)4)31(49)45-17-20(46-42-28(41-44-46)19-6-8-21(53-5)9-7-19)12-26(45)30(48)40-34(13-23(34)27(35)36)32(50)43-54(51,52)22-10-11-22/h6-9,15-16,20,22-24,26-27H,10-14,17H2,1-5H3,(H,39,47)(H,40,48)(H,43,50)/t20-,23+,24+,26?,34-/m1/s1. The van der Waals surface area contributed by atoms with Gasteiger partial charge >= 0.3 is 0 Å². The number of hydrogen-bond acceptors (Lipinski definition) is 12. The summed E-state index contributed by atoms with van der Waals surface area (Å²) in [5.41, 5.74) is -1.60. The minimum absolute atomic E-state index is 0.0420. The summed E-state index contributed by atoms with van der Waals surface area (Å²) >= 11 is 0. The predicted molar refractivity (Wildman–Crippen MR) is 186 cm³/mol. The van der Waals surface area contributed by atoms with Crippen LogP contribution in [0.1, 0.15) is 75.1 Å². The number of hydrogen-bond donors (Lipinski definition) is 3. The maximum Gasteiger partial charge on any atom is 0.272 e. The van der Waals surface area contributed by atoms with Gasteiger partial charge in [0.05, 0.1) is 36.2 Å². The third-order valence-electron chi connectivity index (χ3n) is 9.67. The average molecular weight is 773 g/mol. The molecule has 2 aromatic heterocycles. The largest absolute Gasteiger partial charge is 0.497 e. The SMILES string of the molecule is COc1ccc(-c2nnn([C@@H]3CC(C(=O)N[C@]4(C(=O)NS(=O)(=O)C5CC5)C[C@H]4C(F)F)N(C(=O)[C@H](CC(C)(C)C)NC(=O)c4cnc(C)cn4)C3)n2)cc1. The molecule has 3 heterocycles. The number of carbonyl (C=O) groups is 4. The summed E-state index contributed by atoms with van der Waals surface area (Å²) in [6.45, 7) is 7.11. The number of aromatic nitrogens is 6. The van der Waals surface area contributed by atoms with Crippen LogP contribution >= 0.6 is 0 Å². The summed E-state index contributed by atoms with van der Waals surface area (Å²) in [6.07, 6.45) is -0.269. The molecule has 54 heavy (non-hydrogen) atoms. The van der Waals surface area contributed by atoms with E-state index in [0.717, 1.165) is 0 Å². The van der Waals surface area contributed by atoms with Crippen molar-refractivity contribution in [2.75, 3.05) is 13.7 Å². The molecule has 3 N–H and O–H groups in total. The zero-order valence-corrected chi connectivity index (χ0v) is 31.1. The van der Waals surface area contributed by atoms with Gasteiger partial charge in [0.15, 0.2) is 0 Å². The van der Waals surface area contributed by atoms with Crippen LogP contribution in [0.15, 0.2) is 36.7 Å². The molecule has 3 aromatic rings. The van der Waals surface area contributed by atoms with E-state index in [1.807, 2.05) is 25.5 Å². The summed E-state index contributed by atoms with van der Waals surface area (Å²) in [4.78, 5) is 66.0. The fourth-order valence-electron chi connectivity index (χ4n) is 6.50. The van der Waals surface area contributed by atoms with Crippen molar-refractivity contribution >= 4 is 33.7 Å². The lowest BCUT2D eigenvalue weighted by Gasteiger charge is -2.32. The van der Waals surface area contributed by atoms with Gasteiger partial charge < -0.3 is 20.3 Å². The van der Waals surface area contributed by atoms with Crippen molar-refractivity contribution < 1.29 is 41.1 Å². The highest BCUT2D eigenvalue weighted by molar-refractivity contribution is 7.91. The molecular weight excluding hydrogens is 730 g/mol. The number of carbonyl (C=O) groups excluding carboxylic acids is 4. The Hall–Kier alpha value is -5.14. The van der Waals surface area contributed by atoms with Crippen LogP contribution in [0.3, 0.4) is 0 Å². The predicted octanol–water partition coefficient (Wildman–Crippen LogP) is 1.57. The number of tetrazole rings is 1. The number of nitrogens with zero attached hydrogens (tertiary/aromatic N) is 7. The van der Waals surface area contributed by atoms with Gasteiger partial charge in [-0.25, -0.2) is 22.2 Å². The molecule has 6 rings (SSSR count). The molecule has 290 valence electrons. The lowest BCUT2D eigenvalue weighted by Crippen LogP contribution is -2.59. The van der Waals surface area contributed by atoms with E-state index in [9.17, 15) is 36.4 Å². The van der Waals surface area contributed by atoms with Crippen LogP contribution in [0.5, 0.6) is 5.75 Å². The number of sulfonamides is 1. The van der Waals surface area contributed by atoms with Gasteiger partial charge in [0, 0.05) is 24.7 Å². The number of aryl methyl sites for hydroxylation is 1. The Morgan fingerprint density at radius 3 is 2.35 bits per heavy atom. The second kappa shape index (κ2) is 14.6. The van der Waals surface area contributed by atoms with Crippen molar-refractivity contribution in [3.05, 3.63) is 48.0 Å². The van der Waals surface area contributed by atoms with Gasteiger partial charge in [-0.1, -0.05) is 20.8 Å². The number of likely N-dealkylation sites (tertiary alicyclic amines) is 1. The van der Waals surface area contributed by atoms with Crippen molar-refractivity contribution in [3.63, 3.8) is 0 Å². The summed E-state index contributed by atoms with van der Waals surface area (Å²) in [5.74, 6) is -4.40. The molecule has 3 aliphatic rings. The minimum atomic E-state index is -4.14. The van der Waals surface area contributed by atoms with Crippen molar-refractivity contribution in [2.45, 2.75) is 95.1 Å². The molecule has 20 heteroatoms. The van der Waals surface area contributed by atoms with Crippen LogP contribution in [0.4, 0.5) is 8.78 Å². The first-order chi connectivity index (χ1) is 25.4. The number of ether oxygens (including phenoxy) is 1. The molecule has 1 unspecified atom stereocenters. The number of halogens is 2. The van der Waals surface area contributed by atoms with E-state index >= 15 is 0 Å². The first-order valence-corrected chi connectivity index (χ1v) is 19.0. The molecule has 3 fully saturated rings. The fourth-order valence-corrected chi connectivity index (χ4v) is 7.87. The van der Waals surface area contributed by atoms with Gasteiger partial charge in [-0.3, -0.25) is 28.9 Å². The van der Waals surface area contributed by atoms with E-state index in [2.05, 4.69) is 36.0 Å². The molecule has 0 radical (unpaired) electrons. The van der Waals surface area contributed by atoms with Crippen molar-refractivity contribution in [1.29, 1.82) is 0 Å². The molecule has 1 saturated heterocycles. The van der Waals surface area contributed by atoms with Gasteiger partial charge in [0.25, 0.3) is 11.8 Å². The smallest absolute Gasteiger partial charge is 0.272 e. The highest BCUT2D eigenvalue weighted by atomic mass is 32.2. The van der Waals surface area contributed by atoms with Crippen LogP contribution in [0, 0.1) is 18.3 Å². The number of methoxy groups -OCH3 is 1. The Morgan fingerprint density at radius 2 is 1.78 bits per heavy atom. The lowest BCUT2D eigenvalue weighted by molar-refractivity contribution is -0.141. The third kappa shape index (κ3) is 8.32. The van der Waals surface area contributed by atoms with E-state index in [4.69, 9.17) is 4.74 Å². The number of benzene rings is 1. The molecular formula is C34H42F2N10O7S. The Balaban J connectivity index is 1.30. The molecule has 17 nitrogen and oxygen atoms in total. The first kappa shape index (κ1) is 38.6. The molecule has 4 amide bonds. The van der Waals surface area contributed by atoms with E-state index in [-0.39, 0.29) is 30.9 Å². The highest BCUT2D eigenvalue weighted by Crippen LogP contribution is 2.48. The zero-order valence-electron chi connectivity index (χ0n) is 30.3. The summed E-state index contributed by atoms with van der Waals surface area (Å²) in [6, 6.07) is 3.55.